The van der Waals surface area contributed by atoms with Crippen LogP contribution in [0.25, 0.3) is 0 Å². The molecule has 0 aromatic carbocycles. The zero-order valence-corrected chi connectivity index (χ0v) is 12.4. The molecule has 1 heterocycles. The quantitative estimate of drug-likeness (QED) is 0.595. The lowest BCUT2D eigenvalue weighted by Crippen LogP contribution is -2.09. The number of aromatic nitrogens is 1. The largest absolute Gasteiger partial charge is 0.466 e. The molecule has 17 heavy (non-hydrogen) atoms. The zero-order valence-electron chi connectivity index (χ0n) is 9.20. The SMILES string of the molecule is CCOC(=O)CCC(=O)c1ncc(Br)cc1Br. The van der Waals surface area contributed by atoms with Gasteiger partial charge < -0.3 is 4.74 Å². The van der Waals surface area contributed by atoms with E-state index in [1.807, 2.05) is 0 Å². The standard InChI is InChI=1S/C11H11Br2NO3/c1-2-17-10(16)4-3-9(15)11-8(13)5-7(12)6-14-11/h5-6H,2-4H2,1H3. The highest BCUT2D eigenvalue weighted by atomic mass is 79.9. The number of hydrogen-bond acceptors (Lipinski definition) is 4. The fourth-order valence-electron chi connectivity index (χ4n) is 1.19. The molecule has 92 valence electrons. The highest BCUT2D eigenvalue weighted by Gasteiger charge is 2.14. The van der Waals surface area contributed by atoms with Gasteiger partial charge in [0.05, 0.1) is 13.0 Å². The molecule has 0 fully saturated rings. The molecule has 0 saturated heterocycles. The number of pyridine rings is 1. The number of ketones is 1. The van der Waals surface area contributed by atoms with Crippen LogP contribution in [0.1, 0.15) is 30.3 Å². The molecule has 0 saturated carbocycles. The predicted molar refractivity (Wildman–Crippen MR) is 69.8 cm³/mol. The Labute approximate surface area is 116 Å². The first kappa shape index (κ1) is 14.3. The van der Waals surface area contributed by atoms with E-state index in [1.165, 1.54) is 0 Å². The second-order valence-electron chi connectivity index (χ2n) is 3.21. The Morgan fingerprint density at radius 3 is 2.65 bits per heavy atom. The molecule has 0 atom stereocenters. The molecule has 4 nitrogen and oxygen atoms in total. The number of nitrogens with zero attached hydrogens (tertiary/aromatic N) is 1. The normalized spacial score (nSPS) is 10.1. The fourth-order valence-corrected chi connectivity index (χ4v) is 2.40. The van der Waals surface area contributed by atoms with Crippen molar-refractivity contribution in [2.24, 2.45) is 0 Å². The van der Waals surface area contributed by atoms with Gasteiger partial charge in [-0.05, 0) is 44.8 Å². The van der Waals surface area contributed by atoms with E-state index in [9.17, 15) is 9.59 Å². The minimum atomic E-state index is -0.367. The van der Waals surface area contributed by atoms with Crippen molar-refractivity contribution < 1.29 is 14.3 Å². The van der Waals surface area contributed by atoms with Gasteiger partial charge in [-0.25, -0.2) is 0 Å². The minimum absolute atomic E-state index is 0.0802. The number of carbonyl (C=O) groups is 2. The highest BCUT2D eigenvalue weighted by Crippen LogP contribution is 2.21. The summed E-state index contributed by atoms with van der Waals surface area (Å²) in [5.74, 6) is -0.550. The summed E-state index contributed by atoms with van der Waals surface area (Å²) in [5, 5.41) is 0. The number of esters is 1. The summed E-state index contributed by atoms with van der Waals surface area (Å²) in [4.78, 5) is 26.9. The Bertz CT molecular complexity index is 435. The Kier molecular flexibility index (Phi) is 5.77. The Morgan fingerprint density at radius 2 is 2.06 bits per heavy atom. The van der Waals surface area contributed by atoms with Crippen LogP contribution >= 0.6 is 31.9 Å². The summed E-state index contributed by atoms with van der Waals surface area (Å²) >= 11 is 6.51. The lowest BCUT2D eigenvalue weighted by Gasteiger charge is -2.03. The summed E-state index contributed by atoms with van der Waals surface area (Å²) in [6.07, 6.45) is 1.73. The van der Waals surface area contributed by atoms with Crippen molar-refractivity contribution in [3.63, 3.8) is 0 Å². The van der Waals surface area contributed by atoms with Crippen molar-refractivity contribution in [1.29, 1.82) is 0 Å². The van der Waals surface area contributed by atoms with Gasteiger partial charge in [0.15, 0.2) is 5.78 Å². The highest BCUT2D eigenvalue weighted by molar-refractivity contribution is 9.11. The number of halogens is 2. The lowest BCUT2D eigenvalue weighted by molar-refractivity contribution is -0.143. The van der Waals surface area contributed by atoms with Crippen LogP contribution in [0.4, 0.5) is 0 Å². The first-order valence-electron chi connectivity index (χ1n) is 5.04. The van der Waals surface area contributed by atoms with Crippen LogP contribution in [0.15, 0.2) is 21.2 Å². The van der Waals surface area contributed by atoms with Crippen LogP contribution in [-0.2, 0) is 9.53 Å². The van der Waals surface area contributed by atoms with Gasteiger partial charge in [0.1, 0.15) is 5.69 Å². The maximum Gasteiger partial charge on any atom is 0.306 e. The van der Waals surface area contributed by atoms with Crippen molar-refractivity contribution in [1.82, 2.24) is 4.98 Å². The summed E-state index contributed by atoms with van der Waals surface area (Å²) in [6, 6.07) is 1.74. The van der Waals surface area contributed by atoms with Crippen molar-refractivity contribution in [3.8, 4) is 0 Å². The summed E-state index contributed by atoms with van der Waals surface area (Å²) in [7, 11) is 0. The van der Waals surface area contributed by atoms with E-state index in [1.54, 1.807) is 19.2 Å². The first-order chi connectivity index (χ1) is 8.04. The molecule has 0 spiro atoms. The smallest absolute Gasteiger partial charge is 0.306 e. The monoisotopic (exact) mass is 363 g/mol. The van der Waals surface area contributed by atoms with Crippen LogP contribution in [0.2, 0.25) is 0 Å². The van der Waals surface area contributed by atoms with Gasteiger partial charge in [-0.1, -0.05) is 0 Å². The summed E-state index contributed by atoms with van der Waals surface area (Å²) < 4.78 is 6.14. The number of rotatable bonds is 5. The molecule has 0 amide bonds. The van der Waals surface area contributed by atoms with Crippen molar-refractivity contribution >= 4 is 43.6 Å². The summed E-state index contributed by atoms with van der Waals surface area (Å²) in [6.45, 7) is 2.06. The van der Waals surface area contributed by atoms with Crippen LogP contribution in [0.3, 0.4) is 0 Å². The first-order valence-corrected chi connectivity index (χ1v) is 6.63. The third-order valence-corrected chi connectivity index (χ3v) is 2.97. The number of carbonyl (C=O) groups excluding carboxylic acids is 2. The number of ether oxygens (including phenoxy) is 1. The van der Waals surface area contributed by atoms with Crippen molar-refractivity contribution in [3.05, 3.63) is 26.9 Å². The Morgan fingerprint density at radius 1 is 1.35 bits per heavy atom. The number of Topliss-reactive ketones (excluding diaryl/α,β-unsaturated/α-hetero) is 1. The van der Waals surface area contributed by atoms with Gasteiger partial charge in [-0.3, -0.25) is 14.6 Å². The molecule has 0 bridgehead atoms. The molecule has 0 N–H and O–H groups in total. The molecule has 1 rings (SSSR count). The van der Waals surface area contributed by atoms with Gasteiger partial charge in [0, 0.05) is 21.6 Å². The molecule has 0 unspecified atom stereocenters. The van der Waals surface area contributed by atoms with E-state index in [-0.39, 0.29) is 24.6 Å². The Balaban J connectivity index is 2.61. The van der Waals surface area contributed by atoms with Crippen LogP contribution < -0.4 is 0 Å². The molecule has 0 radical (unpaired) electrons. The maximum atomic E-state index is 11.8. The maximum absolute atomic E-state index is 11.8. The number of hydrogen-bond donors (Lipinski definition) is 0. The molecule has 0 aliphatic heterocycles. The third-order valence-electron chi connectivity index (χ3n) is 1.93. The average Bonchev–Trinajstić information content (AvgIpc) is 2.26. The molecular formula is C11H11Br2NO3. The third kappa shape index (κ3) is 4.55. The van der Waals surface area contributed by atoms with E-state index in [0.29, 0.717) is 16.8 Å². The Hall–Kier alpha value is -0.750. The molecular weight excluding hydrogens is 354 g/mol. The zero-order chi connectivity index (χ0) is 12.8. The molecule has 1 aromatic rings. The molecule has 0 aliphatic carbocycles. The van der Waals surface area contributed by atoms with E-state index in [4.69, 9.17) is 4.74 Å². The van der Waals surface area contributed by atoms with E-state index in [0.717, 1.165) is 4.47 Å². The minimum Gasteiger partial charge on any atom is -0.466 e. The van der Waals surface area contributed by atoms with Crippen LogP contribution in [-0.4, -0.2) is 23.3 Å². The van der Waals surface area contributed by atoms with E-state index < -0.39 is 0 Å². The fraction of sp³-hybridized carbons (Fsp3) is 0.364. The van der Waals surface area contributed by atoms with E-state index in [2.05, 4.69) is 36.8 Å². The van der Waals surface area contributed by atoms with Gasteiger partial charge in [-0.2, -0.15) is 0 Å². The van der Waals surface area contributed by atoms with Gasteiger partial charge in [0.25, 0.3) is 0 Å². The van der Waals surface area contributed by atoms with E-state index >= 15 is 0 Å². The van der Waals surface area contributed by atoms with Gasteiger partial charge >= 0.3 is 5.97 Å². The molecule has 6 heteroatoms. The molecule has 0 aliphatic rings. The summed E-state index contributed by atoms with van der Waals surface area (Å²) in [5.41, 5.74) is 0.331. The molecule has 1 aromatic heterocycles. The predicted octanol–water partition coefficient (Wildman–Crippen LogP) is 3.13. The second kappa shape index (κ2) is 6.86. The van der Waals surface area contributed by atoms with Crippen LogP contribution in [0, 0.1) is 0 Å². The lowest BCUT2D eigenvalue weighted by atomic mass is 10.1. The van der Waals surface area contributed by atoms with Crippen molar-refractivity contribution in [2.45, 2.75) is 19.8 Å². The van der Waals surface area contributed by atoms with Crippen molar-refractivity contribution in [2.75, 3.05) is 6.61 Å². The topological polar surface area (TPSA) is 56.3 Å². The van der Waals surface area contributed by atoms with Crippen LogP contribution in [0.5, 0.6) is 0 Å². The average molecular weight is 365 g/mol. The second-order valence-corrected chi connectivity index (χ2v) is 4.98. The van der Waals surface area contributed by atoms with Gasteiger partial charge in [0.2, 0.25) is 0 Å². The van der Waals surface area contributed by atoms with Gasteiger partial charge in [-0.15, -0.1) is 0 Å².